The van der Waals surface area contributed by atoms with E-state index in [1.807, 2.05) is 19.1 Å². The van der Waals surface area contributed by atoms with E-state index in [2.05, 4.69) is 41.3 Å². The maximum Gasteiger partial charge on any atom is 0.131 e. The van der Waals surface area contributed by atoms with E-state index in [0.29, 0.717) is 29.1 Å². The van der Waals surface area contributed by atoms with Crippen molar-refractivity contribution in [2.75, 3.05) is 19.7 Å². The summed E-state index contributed by atoms with van der Waals surface area (Å²) >= 11 is 0. The SMILES string of the molecule is C[C@@H](Oc1ccc2c(c1)CN(CC1C=CC=CC1C[C@H]1CCO1)CC2)c1ccc(C#N)cc1F. The van der Waals surface area contributed by atoms with E-state index >= 15 is 0 Å². The summed E-state index contributed by atoms with van der Waals surface area (Å²) < 4.78 is 26.2. The standard InChI is InChI=1S/C29H31FN2O2/c1-20(28-9-6-21(17-31)14-29(28)30)34-27-8-7-22-10-12-32(19-25(22)16-27)18-24-5-3-2-4-23(24)15-26-11-13-33-26/h2-9,14,16,20,23-24,26H,10-13,15,18-19H2,1H3/t20-,23?,24?,26-/m1/s1. The molecular weight excluding hydrogens is 427 g/mol. The molecule has 0 N–H and O–H groups in total. The minimum Gasteiger partial charge on any atom is -0.486 e. The highest BCUT2D eigenvalue weighted by atomic mass is 19.1. The van der Waals surface area contributed by atoms with Crippen molar-refractivity contribution in [1.29, 1.82) is 5.26 Å². The number of halogens is 1. The number of hydrogen-bond acceptors (Lipinski definition) is 4. The van der Waals surface area contributed by atoms with Gasteiger partial charge in [0.15, 0.2) is 0 Å². The average Bonchev–Trinajstić information content (AvgIpc) is 2.82. The first-order valence-electron chi connectivity index (χ1n) is 12.3. The van der Waals surface area contributed by atoms with E-state index in [-0.39, 0.29) is 0 Å². The fraction of sp³-hybridized carbons (Fsp3) is 0.414. The van der Waals surface area contributed by atoms with Gasteiger partial charge in [-0.3, -0.25) is 4.90 Å². The van der Waals surface area contributed by atoms with Crippen LogP contribution < -0.4 is 4.74 Å². The van der Waals surface area contributed by atoms with Crippen LogP contribution in [0.3, 0.4) is 0 Å². The monoisotopic (exact) mass is 458 g/mol. The largest absolute Gasteiger partial charge is 0.486 e. The van der Waals surface area contributed by atoms with E-state index in [4.69, 9.17) is 14.7 Å². The summed E-state index contributed by atoms with van der Waals surface area (Å²) in [6.45, 7) is 5.74. The third-order valence-electron chi connectivity index (χ3n) is 7.32. The van der Waals surface area contributed by atoms with Crippen molar-refractivity contribution in [3.63, 3.8) is 0 Å². The molecule has 5 heteroatoms. The van der Waals surface area contributed by atoms with Crippen molar-refractivity contribution >= 4 is 0 Å². The van der Waals surface area contributed by atoms with Crippen LogP contribution in [0.1, 0.15) is 48.1 Å². The lowest BCUT2D eigenvalue weighted by Crippen LogP contribution is -2.38. The third kappa shape index (κ3) is 5.09. The maximum absolute atomic E-state index is 14.4. The summed E-state index contributed by atoms with van der Waals surface area (Å²) in [4.78, 5) is 2.54. The summed E-state index contributed by atoms with van der Waals surface area (Å²) in [5.41, 5.74) is 3.41. The highest BCUT2D eigenvalue weighted by Crippen LogP contribution is 2.32. The molecule has 0 radical (unpaired) electrons. The molecule has 2 aliphatic heterocycles. The zero-order chi connectivity index (χ0) is 23.5. The van der Waals surface area contributed by atoms with Crippen molar-refractivity contribution in [1.82, 2.24) is 4.90 Å². The van der Waals surface area contributed by atoms with Crippen LogP contribution in [0.25, 0.3) is 0 Å². The zero-order valence-corrected chi connectivity index (χ0v) is 19.6. The molecule has 1 saturated heterocycles. The molecule has 0 aromatic heterocycles. The van der Waals surface area contributed by atoms with Crippen molar-refractivity contribution in [3.05, 3.63) is 88.8 Å². The van der Waals surface area contributed by atoms with Crippen molar-refractivity contribution in [3.8, 4) is 11.8 Å². The Kier molecular flexibility index (Phi) is 6.80. The molecule has 3 aliphatic rings. The first kappa shape index (κ1) is 22.8. The Morgan fingerprint density at radius 1 is 1.15 bits per heavy atom. The number of rotatable bonds is 7. The van der Waals surface area contributed by atoms with Crippen molar-refractivity contribution in [2.45, 2.75) is 44.9 Å². The number of nitriles is 1. The van der Waals surface area contributed by atoms with Gasteiger partial charge in [0.2, 0.25) is 0 Å². The minimum atomic E-state index is -0.445. The third-order valence-corrected chi connectivity index (χ3v) is 7.32. The van der Waals surface area contributed by atoms with E-state index in [1.54, 1.807) is 12.1 Å². The Balaban J connectivity index is 1.23. The van der Waals surface area contributed by atoms with Crippen molar-refractivity contribution in [2.24, 2.45) is 11.8 Å². The summed E-state index contributed by atoms with van der Waals surface area (Å²) in [5, 5.41) is 8.97. The number of hydrogen-bond donors (Lipinski definition) is 0. The molecule has 0 saturated carbocycles. The smallest absolute Gasteiger partial charge is 0.131 e. The number of allylic oxidation sites excluding steroid dienone is 3. The Hall–Kier alpha value is -2.94. The van der Waals surface area contributed by atoms with Crippen LogP contribution in [0.5, 0.6) is 5.75 Å². The maximum atomic E-state index is 14.4. The Morgan fingerprint density at radius 2 is 1.97 bits per heavy atom. The average molecular weight is 459 g/mol. The van der Waals surface area contributed by atoms with Crippen LogP contribution in [-0.4, -0.2) is 30.7 Å². The van der Waals surface area contributed by atoms with Gasteiger partial charge >= 0.3 is 0 Å². The van der Waals surface area contributed by atoms with Crippen molar-refractivity contribution < 1.29 is 13.9 Å². The Labute approximate surface area is 201 Å². The van der Waals surface area contributed by atoms with E-state index < -0.39 is 11.9 Å². The highest BCUT2D eigenvalue weighted by molar-refractivity contribution is 5.38. The van der Waals surface area contributed by atoms with Gasteiger partial charge in [-0.15, -0.1) is 0 Å². The molecule has 2 unspecified atom stereocenters. The predicted molar refractivity (Wildman–Crippen MR) is 130 cm³/mol. The summed E-state index contributed by atoms with van der Waals surface area (Å²) in [6.07, 6.45) is 12.4. The molecule has 4 atom stereocenters. The molecular formula is C29H31FN2O2. The van der Waals surface area contributed by atoms with Gasteiger partial charge in [0, 0.05) is 31.8 Å². The lowest BCUT2D eigenvalue weighted by atomic mass is 9.82. The normalized spacial score (nSPS) is 24.7. The highest BCUT2D eigenvalue weighted by Gasteiger charge is 2.29. The summed E-state index contributed by atoms with van der Waals surface area (Å²) in [5.74, 6) is 1.38. The summed E-state index contributed by atoms with van der Waals surface area (Å²) in [7, 11) is 0. The van der Waals surface area contributed by atoms with E-state index in [1.165, 1.54) is 23.6 Å². The zero-order valence-electron chi connectivity index (χ0n) is 19.6. The molecule has 0 bridgehead atoms. The van der Waals surface area contributed by atoms with Crippen LogP contribution in [0.2, 0.25) is 0 Å². The second kappa shape index (κ2) is 10.1. The summed E-state index contributed by atoms with van der Waals surface area (Å²) in [6, 6.07) is 12.7. The van der Waals surface area contributed by atoms with Gasteiger partial charge in [0.1, 0.15) is 17.7 Å². The van der Waals surface area contributed by atoms with Crippen LogP contribution >= 0.6 is 0 Å². The molecule has 0 amide bonds. The molecule has 5 rings (SSSR count). The fourth-order valence-electron chi connectivity index (χ4n) is 5.24. The fourth-order valence-corrected chi connectivity index (χ4v) is 5.24. The van der Waals surface area contributed by atoms with E-state index in [0.717, 1.165) is 44.8 Å². The molecule has 1 fully saturated rings. The second-order valence-corrected chi connectivity index (χ2v) is 9.64. The quantitative estimate of drug-likeness (QED) is 0.531. The number of fused-ring (bicyclic) bond motifs is 1. The van der Waals surface area contributed by atoms with Crippen LogP contribution in [0.15, 0.2) is 60.7 Å². The minimum absolute atomic E-state index is 0.313. The first-order chi connectivity index (χ1) is 16.6. The van der Waals surface area contributed by atoms with E-state index in [9.17, 15) is 4.39 Å². The topological polar surface area (TPSA) is 45.5 Å². The molecule has 34 heavy (non-hydrogen) atoms. The van der Waals surface area contributed by atoms with Crippen LogP contribution in [-0.2, 0) is 17.7 Å². The van der Waals surface area contributed by atoms with Gasteiger partial charge in [-0.25, -0.2) is 4.39 Å². The van der Waals surface area contributed by atoms with Gasteiger partial charge in [0.25, 0.3) is 0 Å². The predicted octanol–water partition coefficient (Wildman–Crippen LogP) is 5.73. The second-order valence-electron chi connectivity index (χ2n) is 9.64. The molecule has 1 aliphatic carbocycles. The molecule has 0 spiro atoms. The number of benzene rings is 2. The van der Waals surface area contributed by atoms with Gasteiger partial charge in [-0.05, 0) is 73.4 Å². The lowest BCUT2D eigenvalue weighted by Gasteiger charge is -2.36. The number of nitrogens with zero attached hydrogens (tertiary/aromatic N) is 2. The Morgan fingerprint density at radius 3 is 2.71 bits per heavy atom. The van der Waals surface area contributed by atoms with Gasteiger partial charge < -0.3 is 9.47 Å². The molecule has 2 aromatic rings. The van der Waals surface area contributed by atoms with Crippen LogP contribution in [0.4, 0.5) is 4.39 Å². The van der Waals surface area contributed by atoms with Gasteiger partial charge in [-0.2, -0.15) is 5.26 Å². The molecule has 2 heterocycles. The first-order valence-corrected chi connectivity index (χ1v) is 12.3. The molecule has 4 nitrogen and oxygen atoms in total. The van der Waals surface area contributed by atoms with Gasteiger partial charge in [0.05, 0.1) is 17.7 Å². The Bertz CT molecular complexity index is 1130. The van der Waals surface area contributed by atoms with Crippen LogP contribution in [0, 0.1) is 29.0 Å². The lowest BCUT2D eigenvalue weighted by molar-refractivity contribution is -0.0628. The van der Waals surface area contributed by atoms with Gasteiger partial charge in [-0.1, -0.05) is 36.4 Å². The molecule has 176 valence electrons. The number of ether oxygens (including phenoxy) is 2. The molecule has 2 aromatic carbocycles.